The van der Waals surface area contributed by atoms with Gasteiger partial charge in [-0.2, -0.15) is 5.26 Å². The summed E-state index contributed by atoms with van der Waals surface area (Å²) < 4.78 is 0.0672. The Hall–Kier alpha value is -0.980. The molecule has 0 spiro atoms. The number of rotatable bonds is 2. The van der Waals surface area contributed by atoms with E-state index in [-0.39, 0.29) is 4.75 Å². The van der Waals surface area contributed by atoms with Crippen LogP contribution in [0.4, 0.5) is 0 Å². The second-order valence-electron chi connectivity index (χ2n) is 4.75. The Morgan fingerprint density at radius 3 is 2.44 bits per heavy atom. The van der Waals surface area contributed by atoms with Crippen LogP contribution >= 0.6 is 11.8 Å². The van der Waals surface area contributed by atoms with Crippen molar-refractivity contribution in [1.29, 1.82) is 5.26 Å². The molecular formula is C13H17NOS. The second kappa shape index (κ2) is 4.90. The predicted octanol–water partition coefficient (Wildman–Crippen LogP) is 3.50. The SMILES string of the molecule is C[C@H](O)c1ccc(C#N)cc1SC(C)(C)C. The highest BCUT2D eigenvalue weighted by Crippen LogP contribution is 2.36. The minimum Gasteiger partial charge on any atom is -0.389 e. The molecule has 2 nitrogen and oxygen atoms in total. The Morgan fingerprint density at radius 2 is 2.00 bits per heavy atom. The molecular weight excluding hydrogens is 218 g/mol. The summed E-state index contributed by atoms with van der Waals surface area (Å²) >= 11 is 1.67. The highest BCUT2D eigenvalue weighted by atomic mass is 32.2. The first-order valence-electron chi connectivity index (χ1n) is 5.24. The van der Waals surface area contributed by atoms with Crippen LogP contribution in [0.5, 0.6) is 0 Å². The van der Waals surface area contributed by atoms with Gasteiger partial charge in [0.15, 0.2) is 0 Å². The first-order valence-corrected chi connectivity index (χ1v) is 6.06. The smallest absolute Gasteiger partial charge is 0.0992 e. The minimum atomic E-state index is -0.502. The third kappa shape index (κ3) is 3.55. The molecule has 16 heavy (non-hydrogen) atoms. The fraction of sp³-hybridized carbons (Fsp3) is 0.462. The molecule has 1 N–H and O–H groups in total. The summed E-state index contributed by atoms with van der Waals surface area (Å²) in [5, 5.41) is 18.5. The van der Waals surface area contributed by atoms with Gasteiger partial charge in [0.1, 0.15) is 0 Å². The lowest BCUT2D eigenvalue weighted by Gasteiger charge is -2.21. The minimum absolute atomic E-state index is 0.0672. The summed E-state index contributed by atoms with van der Waals surface area (Å²) in [5.74, 6) is 0. The Kier molecular flexibility index (Phi) is 4.01. The normalized spacial score (nSPS) is 13.2. The van der Waals surface area contributed by atoms with E-state index >= 15 is 0 Å². The topological polar surface area (TPSA) is 44.0 Å². The second-order valence-corrected chi connectivity index (χ2v) is 6.62. The van der Waals surface area contributed by atoms with Crippen molar-refractivity contribution < 1.29 is 5.11 Å². The van der Waals surface area contributed by atoms with Crippen molar-refractivity contribution in [3.05, 3.63) is 29.3 Å². The van der Waals surface area contributed by atoms with Gasteiger partial charge in [-0.15, -0.1) is 11.8 Å². The number of hydrogen-bond acceptors (Lipinski definition) is 3. The maximum atomic E-state index is 9.67. The van der Waals surface area contributed by atoms with E-state index in [9.17, 15) is 5.11 Å². The number of benzene rings is 1. The van der Waals surface area contributed by atoms with E-state index in [1.165, 1.54) is 0 Å². The molecule has 0 aliphatic carbocycles. The van der Waals surface area contributed by atoms with E-state index in [1.54, 1.807) is 24.8 Å². The van der Waals surface area contributed by atoms with Crippen molar-refractivity contribution >= 4 is 11.8 Å². The van der Waals surface area contributed by atoms with Gasteiger partial charge in [-0.05, 0) is 24.6 Å². The van der Waals surface area contributed by atoms with Gasteiger partial charge >= 0.3 is 0 Å². The largest absolute Gasteiger partial charge is 0.389 e. The van der Waals surface area contributed by atoms with E-state index in [0.29, 0.717) is 5.56 Å². The molecule has 0 fully saturated rings. The number of nitriles is 1. The van der Waals surface area contributed by atoms with Gasteiger partial charge in [0.2, 0.25) is 0 Å². The summed E-state index contributed by atoms with van der Waals surface area (Å²) in [6.45, 7) is 8.09. The van der Waals surface area contributed by atoms with Crippen LogP contribution in [0, 0.1) is 11.3 Å². The summed E-state index contributed by atoms with van der Waals surface area (Å²) in [6, 6.07) is 7.54. The zero-order chi connectivity index (χ0) is 12.3. The van der Waals surface area contributed by atoms with Crippen LogP contribution in [0.1, 0.15) is 44.9 Å². The highest BCUT2D eigenvalue weighted by molar-refractivity contribution is 8.00. The van der Waals surface area contributed by atoms with Gasteiger partial charge in [0.05, 0.1) is 17.7 Å². The van der Waals surface area contributed by atoms with Crippen LogP contribution in [0.2, 0.25) is 0 Å². The third-order valence-electron chi connectivity index (χ3n) is 2.01. The molecule has 0 aliphatic rings. The van der Waals surface area contributed by atoms with Crippen molar-refractivity contribution in [2.24, 2.45) is 0 Å². The Balaban J connectivity index is 3.17. The monoisotopic (exact) mass is 235 g/mol. The standard InChI is InChI=1S/C13H17NOS/c1-9(15)11-6-5-10(8-14)7-12(11)16-13(2,3)4/h5-7,9,15H,1-4H3/t9-/m0/s1. The molecule has 1 aromatic carbocycles. The van der Waals surface area contributed by atoms with E-state index in [0.717, 1.165) is 10.5 Å². The lowest BCUT2D eigenvalue weighted by Crippen LogP contribution is -2.08. The first-order chi connectivity index (χ1) is 7.33. The Bertz CT molecular complexity index is 413. The molecule has 0 amide bonds. The molecule has 0 unspecified atom stereocenters. The molecule has 0 saturated carbocycles. The molecule has 0 saturated heterocycles. The number of thioether (sulfide) groups is 1. The van der Waals surface area contributed by atoms with Gasteiger partial charge in [-0.1, -0.05) is 26.8 Å². The van der Waals surface area contributed by atoms with Gasteiger partial charge in [-0.25, -0.2) is 0 Å². The average Bonchev–Trinajstić information content (AvgIpc) is 2.14. The summed E-state index contributed by atoms with van der Waals surface area (Å²) in [4.78, 5) is 0.988. The van der Waals surface area contributed by atoms with Crippen molar-refractivity contribution in [1.82, 2.24) is 0 Å². The van der Waals surface area contributed by atoms with Crippen LogP contribution in [0.25, 0.3) is 0 Å². The zero-order valence-electron chi connectivity index (χ0n) is 10.1. The van der Waals surface area contributed by atoms with Crippen molar-refractivity contribution in [3.63, 3.8) is 0 Å². The number of aliphatic hydroxyl groups excluding tert-OH is 1. The molecule has 1 atom stereocenters. The lowest BCUT2D eigenvalue weighted by molar-refractivity contribution is 0.196. The average molecular weight is 235 g/mol. The number of nitrogens with zero attached hydrogens (tertiary/aromatic N) is 1. The van der Waals surface area contributed by atoms with E-state index in [2.05, 4.69) is 26.8 Å². The maximum absolute atomic E-state index is 9.67. The number of aliphatic hydroxyl groups is 1. The van der Waals surface area contributed by atoms with Crippen LogP contribution in [-0.2, 0) is 0 Å². The number of hydrogen-bond donors (Lipinski definition) is 1. The van der Waals surface area contributed by atoms with Crippen LogP contribution in [-0.4, -0.2) is 9.85 Å². The third-order valence-corrected chi connectivity index (χ3v) is 3.19. The lowest BCUT2D eigenvalue weighted by atomic mass is 10.1. The molecule has 0 heterocycles. The quantitative estimate of drug-likeness (QED) is 0.798. The van der Waals surface area contributed by atoms with E-state index in [1.807, 2.05) is 12.1 Å². The van der Waals surface area contributed by atoms with Gasteiger partial charge in [0, 0.05) is 9.64 Å². The Labute approximate surface area is 101 Å². The van der Waals surface area contributed by atoms with Gasteiger partial charge < -0.3 is 5.11 Å². The zero-order valence-corrected chi connectivity index (χ0v) is 10.9. The molecule has 1 aromatic rings. The van der Waals surface area contributed by atoms with E-state index in [4.69, 9.17) is 5.26 Å². The van der Waals surface area contributed by atoms with Crippen molar-refractivity contribution in [2.45, 2.75) is 43.4 Å². The summed E-state index contributed by atoms with van der Waals surface area (Å²) in [5.41, 5.74) is 1.52. The van der Waals surface area contributed by atoms with Gasteiger partial charge in [0.25, 0.3) is 0 Å². The van der Waals surface area contributed by atoms with E-state index < -0.39 is 6.10 Å². The highest BCUT2D eigenvalue weighted by Gasteiger charge is 2.17. The molecule has 0 aliphatic heterocycles. The molecule has 86 valence electrons. The molecule has 1 rings (SSSR count). The Morgan fingerprint density at radius 1 is 1.38 bits per heavy atom. The molecule has 3 heteroatoms. The predicted molar refractivity (Wildman–Crippen MR) is 67.4 cm³/mol. The van der Waals surface area contributed by atoms with Crippen molar-refractivity contribution in [2.75, 3.05) is 0 Å². The molecule has 0 radical (unpaired) electrons. The van der Waals surface area contributed by atoms with Crippen LogP contribution in [0.15, 0.2) is 23.1 Å². The first kappa shape index (κ1) is 13.1. The fourth-order valence-corrected chi connectivity index (χ4v) is 2.57. The molecule has 0 bridgehead atoms. The van der Waals surface area contributed by atoms with Gasteiger partial charge in [-0.3, -0.25) is 0 Å². The van der Waals surface area contributed by atoms with Crippen molar-refractivity contribution in [3.8, 4) is 6.07 Å². The molecule has 0 aromatic heterocycles. The van der Waals surface area contributed by atoms with Crippen LogP contribution in [0.3, 0.4) is 0 Å². The van der Waals surface area contributed by atoms with Crippen LogP contribution < -0.4 is 0 Å². The maximum Gasteiger partial charge on any atom is 0.0992 e. The fourth-order valence-electron chi connectivity index (χ4n) is 1.37. The summed E-state index contributed by atoms with van der Waals surface area (Å²) in [7, 11) is 0. The summed E-state index contributed by atoms with van der Waals surface area (Å²) in [6.07, 6.45) is -0.502.